The summed E-state index contributed by atoms with van der Waals surface area (Å²) in [6, 6.07) is 0. The van der Waals surface area contributed by atoms with Crippen LogP contribution in [0.15, 0.2) is 0 Å². The Bertz CT molecular complexity index is 163. The Morgan fingerprint density at radius 3 is 2.50 bits per heavy atom. The summed E-state index contributed by atoms with van der Waals surface area (Å²) in [6.07, 6.45) is 1.38. The lowest BCUT2D eigenvalue weighted by molar-refractivity contribution is -0.0780. The van der Waals surface area contributed by atoms with E-state index in [2.05, 4.69) is 29.1 Å². The third-order valence-electron chi connectivity index (χ3n) is 3.44. The zero-order valence-corrected chi connectivity index (χ0v) is 8.14. The van der Waals surface area contributed by atoms with Crippen LogP contribution >= 0.6 is 0 Å². The highest BCUT2D eigenvalue weighted by Crippen LogP contribution is 2.25. The van der Waals surface area contributed by atoms with E-state index in [1.54, 1.807) is 0 Å². The lowest BCUT2D eigenvalue weighted by atomic mass is 10.0. The zero-order valence-electron chi connectivity index (χ0n) is 8.14. The number of nitrogens with zero attached hydrogens (tertiary/aromatic N) is 2. The second-order valence-corrected chi connectivity index (χ2v) is 4.16. The van der Waals surface area contributed by atoms with E-state index in [9.17, 15) is 0 Å². The van der Waals surface area contributed by atoms with Gasteiger partial charge < -0.3 is 5.32 Å². The van der Waals surface area contributed by atoms with Gasteiger partial charge in [-0.3, -0.25) is 9.80 Å². The van der Waals surface area contributed by atoms with Gasteiger partial charge in [-0.25, -0.2) is 0 Å². The molecule has 2 saturated heterocycles. The van der Waals surface area contributed by atoms with Gasteiger partial charge in [-0.05, 0) is 20.4 Å². The summed E-state index contributed by atoms with van der Waals surface area (Å²) < 4.78 is 0. The molecule has 0 aromatic carbocycles. The van der Waals surface area contributed by atoms with Crippen molar-refractivity contribution in [3.63, 3.8) is 0 Å². The largest absolute Gasteiger partial charge is 0.312 e. The number of likely N-dealkylation sites (tertiary alicyclic amines) is 1. The number of likely N-dealkylation sites (N-methyl/N-ethyl adjacent to an activating group) is 1. The molecule has 0 radical (unpaired) electrons. The SMILES string of the molecule is CN1CCNC[C@@]1(C)N1CCC1. The highest BCUT2D eigenvalue weighted by Gasteiger charge is 2.39. The predicted molar refractivity (Wildman–Crippen MR) is 50.1 cm³/mol. The Morgan fingerprint density at radius 1 is 1.25 bits per heavy atom. The van der Waals surface area contributed by atoms with Gasteiger partial charge in [0.15, 0.2) is 0 Å². The molecule has 0 saturated carbocycles. The van der Waals surface area contributed by atoms with Crippen LogP contribution in [-0.2, 0) is 0 Å². The summed E-state index contributed by atoms with van der Waals surface area (Å²) >= 11 is 0. The van der Waals surface area contributed by atoms with E-state index < -0.39 is 0 Å². The van der Waals surface area contributed by atoms with Crippen molar-refractivity contribution in [2.75, 3.05) is 39.8 Å². The Balaban J connectivity index is 2.04. The first-order chi connectivity index (χ1) is 5.73. The number of rotatable bonds is 1. The molecule has 1 atom stereocenters. The van der Waals surface area contributed by atoms with Gasteiger partial charge in [-0.2, -0.15) is 0 Å². The van der Waals surface area contributed by atoms with E-state index >= 15 is 0 Å². The highest BCUT2D eigenvalue weighted by molar-refractivity contribution is 4.93. The molecular weight excluding hydrogens is 150 g/mol. The van der Waals surface area contributed by atoms with Crippen molar-refractivity contribution in [2.24, 2.45) is 0 Å². The molecule has 3 nitrogen and oxygen atoms in total. The van der Waals surface area contributed by atoms with Crippen LogP contribution in [0, 0.1) is 0 Å². The lowest BCUT2D eigenvalue weighted by Gasteiger charge is -2.53. The van der Waals surface area contributed by atoms with Crippen LogP contribution in [0.25, 0.3) is 0 Å². The topological polar surface area (TPSA) is 18.5 Å². The van der Waals surface area contributed by atoms with E-state index in [0.29, 0.717) is 0 Å². The molecule has 2 rings (SSSR count). The lowest BCUT2D eigenvalue weighted by Crippen LogP contribution is -2.69. The molecule has 2 aliphatic heterocycles. The molecule has 1 N–H and O–H groups in total. The van der Waals surface area contributed by atoms with Crippen LogP contribution < -0.4 is 5.32 Å². The van der Waals surface area contributed by atoms with Crippen molar-refractivity contribution in [3.05, 3.63) is 0 Å². The van der Waals surface area contributed by atoms with Gasteiger partial charge in [0.1, 0.15) is 0 Å². The van der Waals surface area contributed by atoms with Gasteiger partial charge in [0.25, 0.3) is 0 Å². The molecule has 0 amide bonds. The van der Waals surface area contributed by atoms with E-state index in [4.69, 9.17) is 0 Å². The van der Waals surface area contributed by atoms with Crippen LogP contribution in [0.3, 0.4) is 0 Å². The third kappa shape index (κ3) is 1.16. The maximum atomic E-state index is 3.47. The molecule has 0 bridgehead atoms. The summed E-state index contributed by atoms with van der Waals surface area (Å²) in [6.45, 7) is 8.33. The Labute approximate surface area is 74.7 Å². The quantitative estimate of drug-likeness (QED) is 0.593. The van der Waals surface area contributed by atoms with Gasteiger partial charge in [-0.1, -0.05) is 0 Å². The minimum Gasteiger partial charge on any atom is -0.312 e. The number of nitrogens with one attached hydrogen (secondary N) is 1. The molecule has 2 aliphatic rings. The van der Waals surface area contributed by atoms with Crippen LogP contribution in [0.4, 0.5) is 0 Å². The maximum absolute atomic E-state index is 3.47. The van der Waals surface area contributed by atoms with Crippen LogP contribution in [0.1, 0.15) is 13.3 Å². The summed E-state index contributed by atoms with van der Waals surface area (Å²) in [5.74, 6) is 0. The monoisotopic (exact) mass is 169 g/mol. The van der Waals surface area contributed by atoms with Crippen molar-refractivity contribution < 1.29 is 0 Å². The molecule has 2 heterocycles. The third-order valence-corrected chi connectivity index (χ3v) is 3.44. The summed E-state index contributed by atoms with van der Waals surface area (Å²) in [4.78, 5) is 5.04. The minimum absolute atomic E-state index is 0.288. The van der Waals surface area contributed by atoms with Crippen molar-refractivity contribution >= 4 is 0 Å². The van der Waals surface area contributed by atoms with E-state index in [1.165, 1.54) is 26.1 Å². The van der Waals surface area contributed by atoms with Crippen LogP contribution in [0.5, 0.6) is 0 Å². The van der Waals surface area contributed by atoms with Crippen molar-refractivity contribution in [1.82, 2.24) is 15.1 Å². The second-order valence-electron chi connectivity index (χ2n) is 4.16. The minimum atomic E-state index is 0.288. The average Bonchev–Trinajstić information content (AvgIpc) is 1.92. The average molecular weight is 169 g/mol. The zero-order chi connectivity index (χ0) is 8.60. The second kappa shape index (κ2) is 2.98. The van der Waals surface area contributed by atoms with Gasteiger partial charge in [-0.15, -0.1) is 0 Å². The maximum Gasteiger partial charge on any atom is 0.0834 e. The highest BCUT2D eigenvalue weighted by atomic mass is 15.4. The molecular formula is C9H19N3. The predicted octanol–water partition coefficient (Wildman–Crippen LogP) is -0.0567. The number of hydrogen-bond acceptors (Lipinski definition) is 3. The number of hydrogen-bond donors (Lipinski definition) is 1. The van der Waals surface area contributed by atoms with Crippen LogP contribution in [-0.4, -0.2) is 55.2 Å². The molecule has 3 heteroatoms. The fourth-order valence-corrected chi connectivity index (χ4v) is 2.10. The smallest absolute Gasteiger partial charge is 0.0834 e. The van der Waals surface area contributed by atoms with E-state index in [1.807, 2.05) is 0 Å². The van der Waals surface area contributed by atoms with Crippen molar-refractivity contribution in [3.8, 4) is 0 Å². The first-order valence-electron chi connectivity index (χ1n) is 4.90. The molecule has 0 aliphatic carbocycles. The standard InChI is InChI=1S/C9H19N3/c1-9(12-5-3-6-12)8-10-4-7-11(9)2/h10H,3-8H2,1-2H3/t9-/m1/s1. The summed E-state index contributed by atoms with van der Waals surface area (Å²) in [5.41, 5.74) is 0.288. The molecule has 0 aromatic heterocycles. The van der Waals surface area contributed by atoms with E-state index in [-0.39, 0.29) is 5.66 Å². The first-order valence-corrected chi connectivity index (χ1v) is 4.90. The first kappa shape index (κ1) is 8.48. The van der Waals surface area contributed by atoms with Gasteiger partial charge in [0.05, 0.1) is 5.66 Å². The van der Waals surface area contributed by atoms with Crippen molar-refractivity contribution in [1.29, 1.82) is 0 Å². The molecule has 70 valence electrons. The molecule has 12 heavy (non-hydrogen) atoms. The van der Waals surface area contributed by atoms with Gasteiger partial charge in [0, 0.05) is 32.7 Å². The summed E-state index contributed by atoms with van der Waals surface area (Å²) in [7, 11) is 2.24. The molecule has 0 spiro atoms. The van der Waals surface area contributed by atoms with Crippen LogP contribution in [0.2, 0.25) is 0 Å². The Morgan fingerprint density at radius 2 is 2.00 bits per heavy atom. The normalized spacial score (nSPS) is 39.5. The van der Waals surface area contributed by atoms with E-state index in [0.717, 1.165) is 13.1 Å². The van der Waals surface area contributed by atoms with Gasteiger partial charge in [0.2, 0.25) is 0 Å². The fraction of sp³-hybridized carbons (Fsp3) is 1.00. The van der Waals surface area contributed by atoms with Gasteiger partial charge >= 0.3 is 0 Å². The number of piperazine rings is 1. The van der Waals surface area contributed by atoms with Crippen molar-refractivity contribution in [2.45, 2.75) is 19.0 Å². The molecule has 0 aromatic rings. The Hall–Kier alpha value is -0.120. The molecule has 2 fully saturated rings. The Kier molecular flexibility index (Phi) is 2.10. The molecule has 0 unspecified atom stereocenters. The fourth-order valence-electron chi connectivity index (χ4n) is 2.10. The summed E-state index contributed by atoms with van der Waals surface area (Å²) in [5, 5.41) is 3.47.